The number of anilines is 1. The molecule has 0 aliphatic heterocycles. The Bertz CT molecular complexity index is 659. The van der Waals surface area contributed by atoms with Gasteiger partial charge in [-0.05, 0) is 14.1 Å². The van der Waals surface area contributed by atoms with E-state index in [1.54, 1.807) is 11.9 Å². The molecule has 0 amide bonds. The maximum absolute atomic E-state index is 11.4. The standard InChI is InChI=1S/C13H22N6O3/c1-17(2)5-6-18(3)10-8-12(22-4)9(16-13(14)15)7-11(10)19(20)21/h7-8H,5-6H2,1-4H3,(H4,14,15,16)/i4D3. The number of methoxy groups -OCH3 is 1. The van der Waals surface area contributed by atoms with E-state index in [0.717, 1.165) is 6.07 Å². The summed E-state index contributed by atoms with van der Waals surface area (Å²) in [7, 11) is 2.63. The van der Waals surface area contributed by atoms with E-state index in [9.17, 15) is 10.1 Å². The summed E-state index contributed by atoms with van der Waals surface area (Å²) in [5.41, 5.74) is 10.4. The molecule has 1 rings (SSSR count). The summed E-state index contributed by atoms with van der Waals surface area (Å²) in [6, 6.07) is 2.34. The summed E-state index contributed by atoms with van der Waals surface area (Å²) in [5.74, 6) is -0.552. The minimum Gasteiger partial charge on any atom is -0.494 e. The van der Waals surface area contributed by atoms with Gasteiger partial charge in [0.25, 0.3) is 5.69 Å². The van der Waals surface area contributed by atoms with Gasteiger partial charge in [-0.15, -0.1) is 0 Å². The molecular weight excluding hydrogens is 288 g/mol. The van der Waals surface area contributed by atoms with Crippen molar-refractivity contribution in [1.29, 1.82) is 0 Å². The van der Waals surface area contributed by atoms with Crippen molar-refractivity contribution in [1.82, 2.24) is 4.90 Å². The van der Waals surface area contributed by atoms with Crippen LogP contribution in [0, 0.1) is 10.1 Å². The lowest BCUT2D eigenvalue weighted by Crippen LogP contribution is -2.28. The lowest BCUT2D eigenvalue weighted by molar-refractivity contribution is -0.384. The molecule has 22 heavy (non-hydrogen) atoms. The van der Waals surface area contributed by atoms with Gasteiger partial charge in [-0.2, -0.15) is 0 Å². The summed E-state index contributed by atoms with van der Waals surface area (Å²) in [5, 5.41) is 11.4. The molecule has 0 saturated carbocycles. The summed E-state index contributed by atoms with van der Waals surface area (Å²) >= 11 is 0. The summed E-state index contributed by atoms with van der Waals surface area (Å²) in [6.07, 6.45) is 0. The molecule has 0 fully saturated rings. The maximum atomic E-state index is 11.4. The average molecular weight is 313 g/mol. The number of rotatable bonds is 7. The fourth-order valence-electron chi connectivity index (χ4n) is 1.78. The van der Waals surface area contributed by atoms with Gasteiger partial charge in [-0.3, -0.25) is 10.1 Å². The van der Waals surface area contributed by atoms with Gasteiger partial charge in [-0.1, -0.05) is 0 Å². The number of aliphatic imine (C=N–C) groups is 1. The van der Waals surface area contributed by atoms with Crippen LogP contribution in [0.15, 0.2) is 17.1 Å². The zero-order valence-electron chi connectivity index (χ0n) is 15.7. The Labute approximate surface area is 133 Å². The molecular formula is C13H22N6O3. The minimum absolute atomic E-state index is 0.132. The van der Waals surface area contributed by atoms with Gasteiger partial charge in [0.2, 0.25) is 0 Å². The Kier molecular flexibility index (Phi) is 4.45. The van der Waals surface area contributed by atoms with Gasteiger partial charge in [0.15, 0.2) is 5.96 Å². The molecule has 0 bridgehead atoms. The predicted molar refractivity (Wildman–Crippen MR) is 86.9 cm³/mol. The van der Waals surface area contributed by atoms with Crippen molar-refractivity contribution in [2.75, 3.05) is 46.2 Å². The molecule has 4 N–H and O–H groups in total. The van der Waals surface area contributed by atoms with Crippen molar-refractivity contribution < 1.29 is 13.8 Å². The van der Waals surface area contributed by atoms with Gasteiger partial charge < -0.3 is 26.0 Å². The molecule has 0 heterocycles. The van der Waals surface area contributed by atoms with Crippen LogP contribution in [0.1, 0.15) is 4.11 Å². The lowest BCUT2D eigenvalue weighted by atomic mass is 10.2. The molecule has 9 heteroatoms. The van der Waals surface area contributed by atoms with Crippen molar-refractivity contribution >= 4 is 23.0 Å². The number of likely N-dealkylation sites (N-methyl/N-ethyl adjacent to an activating group) is 2. The third kappa shape index (κ3) is 4.48. The fraction of sp³-hybridized carbons (Fsp3) is 0.462. The zero-order valence-corrected chi connectivity index (χ0v) is 12.7. The highest BCUT2D eigenvalue weighted by atomic mass is 16.6. The van der Waals surface area contributed by atoms with Crippen LogP contribution >= 0.6 is 0 Å². The van der Waals surface area contributed by atoms with Crippen LogP contribution in [0.3, 0.4) is 0 Å². The van der Waals surface area contributed by atoms with Gasteiger partial charge in [0.05, 0.1) is 16.1 Å². The fourth-order valence-corrected chi connectivity index (χ4v) is 1.78. The SMILES string of the molecule is [2H]C([2H])([2H])Oc1cc(N(C)CCN(C)C)c([N+](=O)[O-])cc1N=C(N)N. The van der Waals surface area contributed by atoms with Crippen LogP contribution in [0.2, 0.25) is 0 Å². The second kappa shape index (κ2) is 7.46. The molecule has 1 aromatic rings. The van der Waals surface area contributed by atoms with Gasteiger partial charge in [-0.25, -0.2) is 4.99 Å². The molecule has 0 unspecified atom stereocenters. The number of benzene rings is 1. The Balaban J connectivity index is 3.46. The van der Waals surface area contributed by atoms with Crippen molar-refractivity contribution in [3.05, 3.63) is 22.2 Å². The number of nitrogens with zero attached hydrogens (tertiary/aromatic N) is 4. The predicted octanol–water partition coefficient (Wildman–Crippen LogP) is 0.506. The Morgan fingerprint density at radius 2 is 2.09 bits per heavy atom. The highest BCUT2D eigenvalue weighted by Gasteiger charge is 2.21. The first kappa shape index (κ1) is 13.1. The van der Waals surface area contributed by atoms with E-state index in [0.29, 0.717) is 13.1 Å². The van der Waals surface area contributed by atoms with Crippen molar-refractivity contribution in [2.24, 2.45) is 16.5 Å². The number of nitro benzene ring substituents is 1. The second-order valence-corrected chi connectivity index (χ2v) is 4.93. The molecule has 9 nitrogen and oxygen atoms in total. The molecule has 122 valence electrons. The van der Waals surface area contributed by atoms with Gasteiger partial charge >= 0.3 is 0 Å². The zero-order chi connectivity index (χ0) is 19.4. The van der Waals surface area contributed by atoms with Crippen molar-refractivity contribution in [3.63, 3.8) is 0 Å². The molecule has 0 aromatic heterocycles. The molecule has 0 aliphatic carbocycles. The van der Waals surface area contributed by atoms with Gasteiger partial charge in [0.1, 0.15) is 17.1 Å². The minimum atomic E-state index is -2.76. The number of ether oxygens (including phenoxy) is 1. The summed E-state index contributed by atoms with van der Waals surface area (Å²) in [4.78, 5) is 18.1. The first-order chi connectivity index (χ1) is 11.4. The second-order valence-electron chi connectivity index (χ2n) is 4.93. The van der Waals surface area contributed by atoms with E-state index < -0.39 is 12.0 Å². The van der Waals surface area contributed by atoms with Crippen LogP contribution in [-0.2, 0) is 0 Å². The van der Waals surface area contributed by atoms with E-state index in [1.165, 1.54) is 6.07 Å². The number of guanidine groups is 1. The smallest absolute Gasteiger partial charge is 0.294 e. The number of nitrogens with two attached hydrogens (primary N) is 2. The van der Waals surface area contributed by atoms with Crippen LogP contribution < -0.4 is 21.1 Å². The quantitative estimate of drug-likeness (QED) is 0.325. The van der Waals surface area contributed by atoms with Gasteiger partial charge in [0, 0.05) is 32.3 Å². The Morgan fingerprint density at radius 3 is 2.59 bits per heavy atom. The van der Waals surface area contributed by atoms with Crippen LogP contribution in [-0.4, -0.2) is 57.1 Å². The van der Waals surface area contributed by atoms with E-state index >= 15 is 0 Å². The monoisotopic (exact) mass is 313 g/mol. The topological polar surface area (TPSA) is 123 Å². The van der Waals surface area contributed by atoms with Crippen LogP contribution in [0.4, 0.5) is 17.1 Å². The highest BCUT2D eigenvalue weighted by molar-refractivity contribution is 5.82. The van der Waals surface area contributed by atoms with E-state index in [1.807, 2.05) is 19.0 Å². The molecule has 0 spiro atoms. The van der Waals surface area contributed by atoms with Crippen LogP contribution in [0.25, 0.3) is 0 Å². The molecule has 1 aromatic carbocycles. The largest absolute Gasteiger partial charge is 0.494 e. The molecule has 0 atom stereocenters. The maximum Gasteiger partial charge on any atom is 0.294 e. The third-order valence-electron chi connectivity index (χ3n) is 2.91. The first-order valence-corrected chi connectivity index (χ1v) is 6.37. The lowest BCUT2D eigenvalue weighted by Gasteiger charge is -2.22. The van der Waals surface area contributed by atoms with E-state index in [-0.39, 0.29) is 28.8 Å². The first-order valence-electron chi connectivity index (χ1n) is 7.87. The van der Waals surface area contributed by atoms with Crippen molar-refractivity contribution in [2.45, 2.75) is 0 Å². The summed E-state index contributed by atoms with van der Waals surface area (Å²) in [6.45, 7) is 1.11. The number of nitro groups is 1. The third-order valence-corrected chi connectivity index (χ3v) is 2.91. The Morgan fingerprint density at radius 1 is 1.41 bits per heavy atom. The Hall–Kier alpha value is -2.55. The average Bonchev–Trinajstić information content (AvgIpc) is 2.43. The number of hydrogen-bond acceptors (Lipinski definition) is 6. The van der Waals surface area contributed by atoms with Crippen molar-refractivity contribution in [3.8, 4) is 5.75 Å². The van der Waals surface area contributed by atoms with E-state index in [2.05, 4.69) is 4.99 Å². The normalized spacial score (nSPS) is 13.0. The highest BCUT2D eigenvalue weighted by Crippen LogP contribution is 2.39. The molecule has 0 radical (unpaired) electrons. The molecule has 0 aliphatic rings. The van der Waals surface area contributed by atoms with E-state index in [4.69, 9.17) is 20.3 Å². The number of hydrogen-bond donors (Lipinski definition) is 2. The molecule has 0 saturated heterocycles. The summed E-state index contributed by atoms with van der Waals surface area (Å²) < 4.78 is 26.7. The van der Waals surface area contributed by atoms with Crippen LogP contribution in [0.5, 0.6) is 5.75 Å².